The maximum absolute atomic E-state index is 14.5. The number of aryl methyl sites for hydroxylation is 2. The molecule has 16 heteroatoms. The van der Waals surface area contributed by atoms with E-state index in [1.54, 1.807) is 11.8 Å². The first kappa shape index (κ1) is 29.7. The molecule has 1 atom stereocenters. The van der Waals surface area contributed by atoms with E-state index in [4.69, 9.17) is 5.14 Å². The number of piperidine rings is 1. The number of carbonyl (C=O) groups excluding carboxylic acids is 1. The summed E-state index contributed by atoms with van der Waals surface area (Å²) in [7, 11) is -5.87. The molecule has 1 aliphatic rings. The normalized spacial score (nSPS) is 15.8. The number of sulfonamides is 1. The fraction of sp³-hybridized carbons (Fsp3) is 0.417. The van der Waals surface area contributed by atoms with Gasteiger partial charge in [0.15, 0.2) is 5.82 Å². The maximum atomic E-state index is 14.5. The van der Waals surface area contributed by atoms with Crippen LogP contribution in [0.1, 0.15) is 41.8 Å². The number of aromatic nitrogens is 4. The first-order chi connectivity index (χ1) is 18.7. The molecule has 10 nitrogen and oxygen atoms in total. The molecule has 3 aromatic rings. The highest BCUT2D eigenvalue weighted by Crippen LogP contribution is 2.31. The Hall–Kier alpha value is -3.24. The first-order valence-corrected chi connectivity index (χ1v) is 14.9. The molecule has 0 saturated carbocycles. The summed E-state index contributed by atoms with van der Waals surface area (Å²) in [6, 6.07) is 6.31. The monoisotopic (exact) mass is 602 g/mol. The van der Waals surface area contributed by atoms with Crippen molar-refractivity contribution in [1.29, 1.82) is 0 Å². The lowest BCUT2D eigenvalue weighted by molar-refractivity contribution is -0.137. The molecule has 4 rings (SSSR count). The number of benzene rings is 2. The predicted molar refractivity (Wildman–Crippen MR) is 135 cm³/mol. The van der Waals surface area contributed by atoms with Crippen molar-refractivity contribution in [3.05, 3.63) is 64.7 Å². The molecule has 1 aromatic heterocycles. The largest absolute Gasteiger partial charge is 0.416 e. The van der Waals surface area contributed by atoms with Crippen molar-refractivity contribution < 1.29 is 35.0 Å². The van der Waals surface area contributed by atoms with Crippen molar-refractivity contribution in [2.45, 2.75) is 60.4 Å². The summed E-state index contributed by atoms with van der Waals surface area (Å²) in [5, 5.41) is 16.1. The van der Waals surface area contributed by atoms with Gasteiger partial charge in [-0.3, -0.25) is 9.00 Å². The van der Waals surface area contributed by atoms with E-state index in [1.807, 2.05) is 0 Å². The third-order valence-corrected chi connectivity index (χ3v) is 9.30. The van der Waals surface area contributed by atoms with Crippen LogP contribution in [-0.2, 0) is 44.8 Å². The second-order valence-electron chi connectivity index (χ2n) is 9.36. The molecular weight excluding hydrogens is 576 g/mol. The van der Waals surface area contributed by atoms with E-state index in [0.29, 0.717) is 29.8 Å². The molecule has 0 radical (unpaired) electrons. The number of carbonyl (C=O) groups is 1. The summed E-state index contributed by atoms with van der Waals surface area (Å²) in [6.45, 7) is 2.11. The van der Waals surface area contributed by atoms with E-state index >= 15 is 0 Å². The number of tetrazole rings is 1. The van der Waals surface area contributed by atoms with Crippen molar-refractivity contribution in [3.8, 4) is 0 Å². The number of likely N-dealkylation sites (tertiary alicyclic amines) is 1. The Bertz CT molecular complexity index is 1540. The van der Waals surface area contributed by atoms with Gasteiger partial charge >= 0.3 is 6.18 Å². The summed E-state index contributed by atoms with van der Waals surface area (Å²) >= 11 is 0. The highest BCUT2D eigenvalue weighted by atomic mass is 32.2. The molecule has 0 aliphatic carbocycles. The van der Waals surface area contributed by atoms with Gasteiger partial charge in [-0.15, -0.1) is 10.2 Å². The summed E-state index contributed by atoms with van der Waals surface area (Å²) in [4.78, 5) is 15.1. The van der Waals surface area contributed by atoms with Crippen LogP contribution in [0.2, 0.25) is 0 Å². The van der Waals surface area contributed by atoms with Gasteiger partial charge in [-0.25, -0.2) is 17.9 Å². The van der Waals surface area contributed by atoms with Crippen LogP contribution in [0.4, 0.5) is 17.6 Å². The highest BCUT2D eigenvalue weighted by Gasteiger charge is 2.32. The number of alkyl halides is 3. The summed E-state index contributed by atoms with van der Waals surface area (Å²) in [5.74, 6) is -0.781. The van der Waals surface area contributed by atoms with Crippen molar-refractivity contribution in [2.24, 2.45) is 5.14 Å². The Kier molecular flexibility index (Phi) is 8.70. The van der Waals surface area contributed by atoms with Gasteiger partial charge in [0.05, 0.1) is 32.7 Å². The molecule has 216 valence electrons. The quantitative estimate of drug-likeness (QED) is 0.391. The van der Waals surface area contributed by atoms with E-state index in [0.717, 1.165) is 30.3 Å². The fourth-order valence-corrected chi connectivity index (χ4v) is 6.43. The Morgan fingerprint density at radius 3 is 2.40 bits per heavy atom. The number of primary sulfonamides is 1. The molecule has 40 heavy (non-hydrogen) atoms. The molecule has 1 amide bonds. The lowest BCUT2D eigenvalue weighted by Crippen LogP contribution is -2.41. The topological polar surface area (TPSA) is 141 Å². The minimum atomic E-state index is -4.54. The van der Waals surface area contributed by atoms with E-state index < -0.39 is 48.5 Å². The Morgan fingerprint density at radius 1 is 1.12 bits per heavy atom. The van der Waals surface area contributed by atoms with E-state index in [9.17, 15) is 35.0 Å². The zero-order chi connectivity index (χ0) is 29.2. The average Bonchev–Trinajstić information content (AvgIpc) is 3.30. The molecule has 1 saturated heterocycles. The van der Waals surface area contributed by atoms with Gasteiger partial charge in [-0.2, -0.15) is 18.0 Å². The molecule has 2 heterocycles. The minimum Gasteiger partial charge on any atom is -0.343 e. The number of amides is 1. The lowest BCUT2D eigenvalue weighted by Gasteiger charge is -2.31. The smallest absolute Gasteiger partial charge is 0.343 e. The second-order valence-corrected chi connectivity index (χ2v) is 12.6. The summed E-state index contributed by atoms with van der Waals surface area (Å²) in [5.41, 5.74) is 0.0514. The number of halogens is 4. The molecule has 1 fully saturated rings. The van der Waals surface area contributed by atoms with Gasteiger partial charge in [0.25, 0.3) is 0 Å². The fourth-order valence-electron chi connectivity index (χ4n) is 4.46. The molecule has 0 bridgehead atoms. The number of hydrogen-bond acceptors (Lipinski definition) is 7. The van der Waals surface area contributed by atoms with Crippen LogP contribution in [0.25, 0.3) is 0 Å². The van der Waals surface area contributed by atoms with E-state index in [1.165, 1.54) is 10.9 Å². The number of nitrogens with zero attached hydrogens (tertiary/aromatic N) is 5. The molecular formula is C24H26F4N6O4S2. The van der Waals surface area contributed by atoms with Crippen LogP contribution < -0.4 is 5.14 Å². The Balaban J connectivity index is 1.38. The highest BCUT2D eigenvalue weighted by molar-refractivity contribution is 7.89. The average molecular weight is 603 g/mol. The van der Waals surface area contributed by atoms with Crippen molar-refractivity contribution >= 4 is 26.7 Å². The van der Waals surface area contributed by atoms with Gasteiger partial charge in [-0.05, 0) is 72.9 Å². The first-order valence-electron chi connectivity index (χ1n) is 12.2. The lowest BCUT2D eigenvalue weighted by atomic mass is 9.99. The van der Waals surface area contributed by atoms with Crippen LogP contribution in [0.5, 0.6) is 0 Å². The summed E-state index contributed by atoms with van der Waals surface area (Å²) < 4.78 is 90.1. The van der Waals surface area contributed by atoms with Crippen LogP contribution >= 0.6 is 0 Å². The Labute approximate surface area is 230 Å². The third kappa shape index (κ3) is 7.09. The van der Waals surface area contributed by atoms with Crippen LogP contribution in [0, 0.1) is 12.7 Å². The van der Waals surface area contributed by atoms with Crippen LogP contribution in [0.3, 0.4) is 0 Å². The molecule has 2 aromatic carbocycles. The van der Waals surface area contributed by atoms with E-state index in [-0.39, 0.29) is 43.3 Å². The van der Waals surface area contributed by atoms with Crippen molar-refractivity contribution in [1.82, 2.24) is 25.1 Å². The van der Waals surface area contributed by atoms with Gasteiger partial charge in [0.2, 0.25) is 15.9 Å². The van der Waals surface area contributed by atoms with Gasteiger partial charge in [0.1, 0.15) is 5.82 Å². The molecule has 1 aliphatic heterocycles. The molecule has 0 spiro atoms. The van der Waals surface area contributed by atoms with Crippen molar-refractivity contribution in [3.63, 3.8) is 0 Å². The number of rotatable bonds is 8. The predicted octanol–water partition coefficient (Wildman–Crippen LogP) is 2.57. The summed E-state index contributed by atoms with van der Waals surface area (Å²) in [6.07, 6.45) is -3.64. The van der Waals surface area contributed by atoms with E-state index in [2.05, 4.69) is 15.4 Å². The van der Waals surface area contributed by atoms with Gasteiger partial charge < -0.3 is 4.90 Å². The van der Waals surface area contributed by atoms with Crippen LogP contribution in [0.15, 0.2) is 46.2 Å². The SMILES string of the molecule is Cc1nnn(Cc2cc(C(F)(F)F)ccc2CCC(=O)N2CCC(S(=O)c3ccc(S(N)(=O)=O)cc3F)CC2)n1. The zero-order valence-electron chi connectivity index (χ0n) is 21.3. The molecule has 1 unspecified atom stereocenters. The van der Waals surface area contributed by atoms with Crippen LogP contribution in [-0.4, -0.2) is 62.0 Å². The van der Waals surface area contributed by atoms with Gasteiger partial charge in [0, 0.05) is 24.8 Å². The number of hydrogen-bond donors (Lipinski definition) is 1. The van der Waals surface area contributed by atoms with Gasteiger partial charge in [-0.1, -0.05) is 6.07 Å². The second kappa shape index (κ2) is 11.7. The molecule has 2 N–H and O–H groups in total. The zero-order valence-corrected chi connectivity index (χ0v) is 22.9. The minimum absolute atomic E-state index is 0.0413. The van der Waals surface area contributed by atoms with Crippen molar-refractivity contribution in [2.75, 3.05) is 13.1 Å². The number of nitrogens with two attached hydrogens (primary N) is 1. The third-order valence-electron chi connectivity index (χ3n) is 6.55. The Morgan fingerprint density at radius 2 is 1.82 bits per heavy atom. The standard InChI is InChI=1S/C24H26F4N6O4S2/c1-15-30-32-34(31-15)14-17-12-18(24(26,27)28)4-2-16(17)3-7-23(35)33-10-8-19(9-11-33)39(36)22-6-5-20(13-21(22)25)40(29,37)38/h2,4-6,12-13,19H,3,7-11,14H2,1H3,(H2,29,37,38). The maximum Gasteiger partial charge on any atom is 0.416 e.